The van der Waals surface area contributed by atoms with Gasteiger partial charge in [-0.1, -0.05) is 23.7 Å². The number of carbonyl (C=O) groups excluding carboxylic acids is 2. The number of halogens is 2. The van der Waals surface area contributed by atoms with Crippen molar-refractivity contribution < 1.29 is 23.8 Å². The number of benzene rings is 1. The number of amides is 2. The van der Waals surface area contributed by atoms with Crippen LogP contribution < -0.4 is 10.7 Å². The second-order valence-corrected chi connectivity index (χ2v) is 8.51. The Bertz CT molecular complexity index is 1170. The Morgan fingerprint density at radius 3 is 2.84 bits per heavy atom. The monoisotopic (exact) mass is 463 g/mol. The zero-order valence-corrected chi connectivity index (χ0v) is 18.4. The average molecular weight is 464 g/mol. The number of likely N-dealkylation sites (N-methyl/N-ethyl adjacent to an activating group) is 1. The normalized spacial score (nSPS) is 21.6. The Kier molecular flexibility index (Phi) is 5.72. The van der Waals surface area contributed by atoms with Gasteiger partial charge in [-0.05, 0) is 19.4 Å². The smallest absolute Gasteiger partial charge is 0.275 e. The summed E-state index contributed by atoms with van der Waals surface area (Å²) in [4.78, 5) is 40.2. The highest BCUT2D eigenvalue weighted by Gasteiger charge is 2.62. The highest BCUT2D eigenvalue weighted by Crippen LogP contribution is 2.52. The summed E-state index contributed by atoms with van der Waals surface area (Å²) in [6.07, 6.45) is 2.01. The molecule has 2 atom stereocenters. The molecule has 0 bridgehead atoms. The molecule has 2 heterocycles. The number of aromatic hydroxyl groups is 1. The summed E-state index contributed by atoms with van der Waals surface area (Å²) in [5, 5.41) is 12.9. The third kappa shape index (κ3) is 3.45. The molecule has 32 heavy (non-hydrogen) atoms. The fourth-order valence-electron chi connectivity index (χ4n) is 4.59. The van der Waals surface area contributed by atoms with Crippen LogP contribution >= 0.6 is 11.6 Å². The van der Waals surface area contributed by atoms with Crippen LogP contribution in [0.5, 0.6) is 5.75 Å². The average Bonchev–Trinajstić information content (AvgIpc) is 3.43. The predicted octanol–water partition coefficient (Wildman–Crippen LogP) is 2.16. The molecule has 1 aromatic heterocycles. The van der Waals surface area contributed by atoms with Crippen LogP contribution in [-0.2, 0) is 17.8 Å². The van der Waals surface area contributed by atoms with Crippen molar-refractivity contribution in [2.24, 2.45) is 5.92 Å². The largest absolute Gasteiger partial charge is 0.503 e. The lowest BCUT2D eigenvalue weighted by atomic mass is 10.0. The van der Waals surface area contributed by atoms with Gasteiger partial charge in [0.25, 0.3) is 11.8 Å². The summed E-state index contributed by atoms with van der Waals surface area (Å²) in [6.45, 7) is 2.86. The molecule has 0 unspecified atom stereocenters. The summed E-state index contributed by atoms with van der Waals surface area (Å²) in [5.74, 6) is -2.56. The minimum Gasteiger partial charge on any atom is -0.503 e. The van der Waals surface area contributed by atoms with E-state index >= 15 is 0 Å². The van der Waals surface area contributed by atoms with Gasteiger partial charge in [0.2, 0.25) is 5.43 Å². The molecule has 0 radical (unpaired) electrons. The Labute approximate surface area is 188 Å². The van der Waals surface area contributed by atoms with Crippen LogP contribution in [0.3, 0.4) is 0 Å². The van der Waals surface area contributed by atoms with Crippen molar-refractivity contribution in [3.8, 4) is 5.75 Å². The van der Waals surface area contributed by atoms with Gasteiger partial charge in [-0.15, -0.1) is 0 Å². The SMILES string of the molecule is CCN1C(=O)c2c(O)c(=O)c(C(=O)NCc3cccc(Cl)c3F)cn2C[C@@]12C[C@@H]2COC. The maximum atomic E-state index is 14.1. The fraction of sp³-hybridized carbons (Fsp3) is 0.409. The first-order chi connectivity index (χ1) is 15.2. The van der Waals surface area contributed by atoms with Crippen molar-refractivity contribution in [1.82, 2.24) is 14.8 Å². The summed E-state index contributed by atoms with van der Waals surface area (Å²) in [7, 11) is 1.59. The van der Waals surface area contributed by atoms with E-state index < -0.39 is 34.3 Å². The van der Waals surface area contributed by atoms with E-state index in [4.69, 9.17) is 16.3 Å². The third-order valence-electron chi connectivity index (χ3n) is 6.28. The molecule has 170 valence electrons. The second-order valence-electron chi connectivity index (χ2n) is 8.10. The molecule has 1 aromatic carbocycles. The summed E-state index contributed by atoms with van der Waals surface area (Å²) in [5.41, 5.74) is -1.74. The molecule has 0 saturated heterocycles. The van der Waals surface area contributed by atoms with Gasteiger partial charge in [0.1, 0.15) is 11.4 Å². The van der Waals surface area contributed by atoms with Crippen LogP contribution in [0.1, 0.15) is 39.8 Å². The Morgan fingerprint density at radius 1 is 1.41 bits per heavy atom. The van der Waals surface area contributed by atoms with E-state index in [0.717, 1.165) is 6.42 Å². The van der Waals surface area contributed by atoms with Crippen molar-refractivity contribution in [3.63, 3.8) is 0 Å². The topological polar surface area (TPSA) is 101 Å². The molecule has 2 N–H and O–H groups in total. The lowest BCUT2D eigenvalue weighted by Gasteiger charge is -2.39. The first-order valence-corrected chi connectivity index (χ1v) is 10.6. The molecule has 1 aliphatic heterocycles. The van der Waals surface area contributed by atoms with Crippen LogP contribution in [0.2, 0.25) is 5.02 Å². The van der Waals surface area contributed by atoms with E-state index in [-0.39, 0.29) is 34.3 Å². The van der Waals surface area contributed by atoms with E-state index in [2.05, 4.69) is 5.32 Å². The first kappa shape index (κ1) is 22.3. The van der Waals surface area contributed by atoms with E-state index in [9.17, 15) is 23.9 Å². The number of hydrogen-bond acceptors (Lipinski definition) is 5. The molecule has 1 saturated carbocycles. The van der Waals surface area contributed by atoms with Gasteiger partial charge in [0.15, 0.2) is 11.4 Å². The van der Waals surface area contributed by atoms with Crippen LogP contribution in [0.25, 0.3) is 0 Å². The minimum atomic E-state index is -0.954. The molecular weight excluding hydrogens is 441 g/mol. The van der Waals surface area contributed by atoms with Gasteiger partial charge in [0, 0.05) is 44.4 Å². The molecule has 1 fully saturated rings. The highest BCUT2D eigenvalue weighted by atomic mass is 35.5. The molecule has 2 aromatic rings. The molecular formula is C22H23ClFN3O5. The second kappa shape index (κ2) is 8.22. The minimum absolute atomic E-state index is 0.0809. The quantitative estimate of drug-likeness (QED) is 0.683. The number of nitrogens with one attached hydrogen (secondary N) is 1. The summed E-state index contributed by atoms with van der Waals surface area (Å²) < 4.78 is 20.8. The molecule has 1 aliphatic carbocycles. The van der Waals surface area contributed by atoms with Crippen LogP contribution in [0, 0.1) is 11.7 Å². The standard InChI is InChI=1S/C22H23ClFN3O5/c1-3-27-21(31)17-19(29)18(28)14(9-26(17)11-22(27)7-13(22)10-32-2)20(30)25-8-12-5-4-6-15(23)16(12)24/h4-6,9,13,29H,3,7-8,10-11H2,1-2H3,(H,25,30)/t13-,22-/m1/s1. The molecule has 10 heteroatoms. The van der Waals surface area contributed by atoms with E-state index in [1.165, 1.54) is 22.9 Å². The van der Waals surface area contributed by atoms with Gasteiger partial charge in [-0.25, -0.2) is 4.39 Å². The Balaban J connectivity index is 1.65. The molecule has 4 rings (SSSR count). The number of rotatable bonds is 6. The number of fused-ring (bicyclic) bond motifs is 1. The number of ether oxygens (including phenoxy) is 1. The number of carbonyl (C=O) groups is 2. The number of pyridine rings is 1. The van der Waals surface area contributed by atoms with Crippen molar-refractivity contribution in [2.45, 2.75) is 32.0 Å². The molecule has 1 spiro atoms. The van der Waals surface area contributed by atoms with Crippen LogP contribution in [0.4, 0.5) is 4.39 Å². The Morgan fingerprint density at radius 2 is 2.16 bits per heavy atom. The zero-order chi connectivity index (χ0) is 23.2. The van der Waals surface area contributed by atoms with E-state index in [1.54, 1.807) is 18.1 Å². The number of aromatic nitrogens is 1. The zero-order valence-electron chi connectivity index (χ0n) is 17.7. The third-order valence-corrected chi connectivity index (χ3v) is 6.58. The predicted molar refractivity (Wildman–Crippen MR) is 114 cm³/mol. The Hall–Kier alpha value is -2.91. The maximum absolute atomic E-state index is 14.1. The molecule has 2 amide bonds. The van der Waals surface area contributed by atoms with Gasteiger partial charge in [-0.3, -0.25) is 14.4 Å². The van der Waals surface area contributed by atoms with Crippen molar-refractivity contribution >= 4 is 23.4 Å². The number of hydrogen-bond donors (Lipinski definition) is 2. The van der Waals surface area contributed by atoms with E-state index in [1.807, 2.05) is 6.92 Å². The maximum Gasteiger partial charge on any atom is 0.275 e. The van der Waals surface area contributed by atoms with Gasteiger partial charge in [0.05, 0.1) is 17.2 Å². The number of methoxy groups -OCH3 is 1. The lowest BCUT2D eigenvalue weighted by Crippen LogP contribution is -2.52. The lowest BCUT2D eigenvalue weighted by molar-refractivity contribution is 0.0491. The van der Waals surface area contributed by atoms with Crippen molar-refractivity contribution in [1.29, 1.82) is 0 Å². The number of nitrogens with zero attached hydrogens (tertiary/aromatic N) is 2. The van der Waals surface area contributed by atoms with Crippen molar-refractivity contribution in [2.75, 3.05) is 20.3 Å². The fourth-order valence-corrected chi connectivity index (χ4v) is 4.79. The van der Waals surface area contributed by atoms with Gasteiger partial charge in [-0.2, -0.15) is 0 Å². The van der Waals surface area contributed by atoms with E-state index in [0.29, 0.717) is 19.7 Å². The molecule has 2 aliphatic rings. The molecule has 8 nitrogen and oxygen atoms in total. The summed E-state index contributed by atoms with van der Waals surface area (Å²) in [6, 6.07) is 4.39. The first-order valence-electron chi connectivity index (χ1n) is 10.2. The van der Waals surface area contributed by atoms with Crippen LogP contribution in [0.15, 0.2) is 29.2 Å². The van der Waals surface area contributed by atoms with Crippen LogP contribution in [-0.4, -0.2) is 52.2 Å². The highest BCUT2D eigenvalue weighted by molar-refractivity contribution is 6.30. The van der Waals surface area contributed by atoms with Gasteiger partial charge >= 0.3 is 0 Å². The summed E-state index contributed by atoms with van der Waals surface area (Å²) >= 11 is 5.76. The van der Waals surface area contributed by atoms with Gasteiger partial charge < -0.3 is 24.6 Å². The van der Waals surface area contributed by atoms with Crippen molar-refractivity contribution in [3.05, 3.63) is 62.3 Å².